The van der Waals surface area contributed by atoms with Gasteiger partial charge in [-0.25, -0.2) is 4.79 Å². The predicted molar refractivity (Wildman–Crippen MR) is 140 cm³/mol. The van der Waals surface area contributed by atoms with Crippen LogP contribution in [0, 0.1) is 12.8 Å². The molecule has 2 amide bonds. The van der Waals surface area contributed by atoms with E-state index in [1.807, 2.05) is 36.1 Å². The number of nitrogens with one attached hydrogen (secondary N) is 2. The topological polar surface area (TPSA) is 60.5 Å². The number of rotatable bonds is 3. The van der Waals surface area contributed by atoms with Crippen molar-refractivity contribution in [1.82, 2.24) is 14.8 Å². The van der Waals surface area contributed by atoms with Crippen LogP contribution in [-0.4, -0.2) is 51.6 Å². The highest BCUT2D eigenvalue weighted by atomic mass is 35.5. The third-order valence-corrected chi connectivity index (χ3v) is 6.53. The van der Waals surface area contributed by atoms with Gasteiger partial charge in [-0.3, -0.25) is 4.98 Å². The Bertz CT molecular complexity index is 1170. The van der Waals surface area contributed by atoms with E-state index in [9.17, 15) is 4.79 Å². The second-order valence-electron chi connectivity index (χ2n) is 8.64. The lowest BCUT2D eigenvalue weighted by molar-refractivity contribution is 0.122. The Balaban J connectivity index is 1.46. The van der Waals surface area contributed by atoms with E-state index in [1.165, 1.54) is 0 Å². The number of pyridine rings is 1. The van der Waals surface area contributed by atoms with Crippen LogP contribution in [-0.2, 0) is 0 Å². The van der Waals surface area contributed by atoms with Gasteiger partial charge in [0.15, 0.2) is 5.11 Å². The summed E-state index contributed by atoms with van der Waals surface area (Å²) in [5.74, 6) is 0.313. The highest BCUT2D eigenvalue weighted by molar-refractivity contribution is 7.80. The minimum Gasteiger partial charge on any atom is -0.342 e. The SMILES string of the molecule is Cc1ccc2c(NC(=S)N3CCN(C(=O)Nc4ccc(Cl)cc4)CC3C(C)C)cccc2n1. The summed E-state index contributed by atoms with van der Waals surface area (Å²) in [5, 5.41) is 8.73. The fourth-order valence-electron chi connectivity index (χ4n) is 4.11. The van der Waals surface area contributed by atoms with Crippen LogP contribution in [0.2, 0.25) is 5.02 Å². The molecule has 0 saturated carbocycles. The number of fused-ring (bicyclic) bond motifs is 1. The molecule has 1 aliphatic rings. The van der Waals surface area contributed by atoms with Crippen molar-refractivity contribution in [2.45, 2.75) is 26.8 Å². The number of hydrogen-bond donors (Lipinski definition) is 2. The molecule has 1 fully saturated rings. The number of benzene rings is 2. The molecule has 2 aromatic carbocycles. The molecular formula is C25H28ClN5OS. The number of aromatic nitrogens is 1. The monoisotopic (exact) mass is 481 g/mol. The second kappa shape index (κ2) is 9.93. The van der Waals surface area contributed by atoms with Gasteiger partial charge in [0.2, 0.25) is 0 Å². The first-order valence-electron chi connectivity index (χ1n) is 11.1. The summed E-state index contributed by atoms with van der Waals surface area (Å²) >= 11 is 11.8. The maximum atomic E-state index is 12.9. The zero-order chi connectivity index (χ0) is 23.5. The first kappa shape index (κ1) is 23.3. The summed E-state index contributed by atoms with van der Waals surface area (Å²) in [7, 11) is 0. The summed E-state index contributed by atoms with van der Waals surface area (Å²) in [6.45, 7) is 8.14. The Morgan fingerprint density at radius 2 is 1.85 bits per heavy atom. The predicted octanol–water partition coefficient (Wildman–Crippen LogP) is 5.77. The van der Waals surface area contributed by atoms with Gasteiger partial charge in [0, 0.05) is 47.1 Å². The Morgan fingerprint density at radius 1 is 1.09 bits per heavy atom. The minimum atomic E-state index is -0.114. The number of thiocarbonyl (C=S) groups is 1. The van der Waals surface area contributed by atoms with Crippen LogP contribution in [0.15, 0.2) is 54.6 Å². The third-order valence-electron chi connectivity index (χ3n) is 5.94. The summed E-state index contributed by atoms with van der Waals surface area (Å²) in [6, 6.07) is 17.2. The molecule has 0 bridgehead atoms. The zero-order valence-electron chi connectivity index (χ0n) is 19.0. The van der Waals surface area contributed by atoms with E-state index in [-0.39, 0.29) is 12.1 Å². The molecule has 1 aromatic heterocycles. The number of carbonyl (C=O) groups excluding carboxylic acids is 1. The van der Waals surface area contributed by atoms with E-state index in [2.05, 4.69) is 40.4 Å². The number of anilines is 2. The molecule has 33 heavy (non-hydrogen) atoms. The fraction of sp³-hybridized carbons (Fsp3) is 0.320. The van der Waals surface area contributed by atoms with Crippen LogP contribution < -0.4 is 10.6 Å². The molecule has 0 radical (unpaired) electrons. The second-order valence-corrected chi connectivity index (χ2v) is 9.47. The van der Waals surface area contributed by atoms with Gasteiger partial charge in [0.1, 0.15) is 0 Å². The average Bonchev–Trinajstić information content (AvgIpc) is 2.80. The first-order chi connectivity index (χ1) is 15.8. The normalized spacial score (nSPS) is 16.2. The molecule has 8 heteroatoms. The van der Waals surface area contributed by atoms with Crippen LogP contribution in [0.4, 0.5) is 16.2 Å². The van der Waals surface area contributed by atoms with Crippen molar-refractivity contribution in [2.75, 3.05) is 30.3 Å². The highest BCUT2D eigenvalue weighted by Gasteiger charge is 2.33. The van der Waals surface area contributed by atoms with Crippen LogP contribution in [0.5, 0.6) is 0 Å². The van der Waals surface area contributed by atoms with Crippen molar-refractivity contribution in [2.24, 2.45) is 5.92 Å². The summed E-state index contributed by atoms with van der Waals surface area (Å²) in [4.78, 5) is 21.5. The number of amides is 2. The van der Waals surface area contributed by atoms with E-state index in [0.717, 1.165) is 28.0 Å². The molecule has 6 nitrogen and oxygen atoms in total. The number of piperazine rings is 1. The molecule has 1 saturated heterocycles. The molecule has 1 unspecified atom stereocenters. The Hall–Kier alpha value is -2.90. The molecule has 1 atom stereocenters. The maximum Gasteiger partial charge on any atom is 0.321 e. The number of nitrogens with zero attached hydrogens (tertiary/aromatic N) is 3. The zero-order valence-corrected chi connectivity index (χ0v) is 20.6. The molecule has 0 spiro atoms. The number of carbonyl (C=O) groups is 1. The largest absolute Gasteiger partial charge is 0.342 e. The van der Waals surface area contributed by atoms with Crippen molar-refractivity contribution < 1.29 is 4.79 Å². The van der Waals surface area contributed by atoms with Gasteiger partial charge in [-0.1, -0.05) is 31.5 Å². The van der Waals surface area contributed by atoms with Crippen molar-refractivity contribution in [1.29, 1.82) is 0 Å². The molecule has 2 heterocycles. The minimum absolute atomic E-state index is 0.102. The van der Waals surface area contributed by atoms with Crippen LogP contribution >= 0.6 is 23.8 Å². The molecule has 172 valence electrons. The van der Waals surface area contributed by atoms with E-state index < -0.39 is 0 Å². The van der Waals surface area contributed by atoms with Crippen molar-refractivity contribution >= 4 is 57.2 Å². The summed E-state index contributed by atoms with van der Waals surface area (Å²) in [6.07, 6.45) is 0. The van der Waals surface area contributed by atoms with Crippen molar-refractivity contribution in [3.05, 3.63) is 65.3 Å². The van der Waals surface area contributed by atoms with Gasteiger partial charge >= 0.3 is 6.03 Å². The first-order valence-corrected chi connectivity index (χ1v) is 11.9. The fourth-order valence-corrected chi connectivity index (χ4v) is 4.57. The third kappa shape index (κ3) is 5.37. The van der Waals surface area contributed by atoms with Crippen molar-refractivity contribution in [3.63, 3.8) is 0 Å². The van der Waals surface area contributed by atoms with Crippen LogP contribution in [0.25, 0.3) is 10.9 Å². The van der Waals surface area contributed by atoms with Gasteiger partial charge in [-0.2, -0.15) is 0 Å². The van der Waals surface area contributed by atoms with Gasteiger partial charge in [-0.05, 0) is 73.6 Å². The van der Waals surface area contributed by atoms with Crippen molar-refractivity contribution in [3.8, 4) is 0 Å². The number of hydrogen-bond acceptors (Lipinski definition) is 3. The molecule has 2 N–H and O–H groups in total. The standard InChI is InChI=1S/C25H28ClN5OS/c1-16(2)23-15-30(24(32)28-19-10-8-18(26)9-11-19)13-14-31(23)25(33)29-22-6-4-5-21-20(22)12-7-17(3)27-21/h4-12,16,23H,13-15H2,1-3H3,(H,28,32)(H,29,33). The molecular weight excluding hydrogens is 454 g/mol. The molecule has 1 aliphatic heterocycles. The average molecular weight is 482 g/mol. The Labute approximate surface area is 204 Å². The highest BCUT2D eigenvalue weighted by Crippen LogP contribution is 2.25. The lowest BCUT2D eigenvalue weighted by atomic mass is 10.00. The summed E-state index contributed by atoms with van der Waals surface area (Å²) in [5.41, 5.74) is 3.59. The molecule has 0 aliphatic carbocycles. The van der Waals surface area contributed by atoms with E-state index in [4.69, 9.17) is 23.8 Å². The maximum absolute atomic E-state index is 12.9. The lowest BCUT2D eigenvalue weighted by Crippen LogP contribution is -2.59. The lowest BCUT2D eigenvalue weighted by Gasteiger charge is -2.44. The van der Waals surface area contributed by atoms with Crippen LogP contribution in [0.3, 0.4) is 0 Å². The van der Waals surface area contributed by atoms with E-state index in [1.54, 1.807) is 24.3 Å². The van der Waals surface area contributed by atoms with E-state index >= 15 is 0 Å². The van der Waals surface area contributed by atoms with Gasteiger partial charge < -0.3 is 20.4 Å². The Morgan fingerprint density at radius 3 is 2.58 bits per heavy atom. The smallest absolute Gasteiger partial charge is 0.321 e. The molecule has 4 rings (SSSR count). The number of halogens is 1. The summed E-state index contributed by atoms with van der Waals surface area (Å²) < 4.78 is 0. The quantitative estimate of drug-likeness (QED) is 0.465. The Kier molecular flexibility index (Phi) is 7.00. The molecule has 3 aromatic rings. The number of urea groups is 1. The van der Waals surface area contributed by atoms with Gasteiger partial charge in [0.05, 0.1) is 11.6 Å². The van der Waals surface area contributed by atoms with E-state index in [0.29, 0.717) is 35.7 Å². The van der Waals surface area contributed by atoms with Gasteiger partial charge in [-0.15, -0.1) is 0 Å². The van der Waals surface area contributed by atoms with Gasteiger partial charge in [0.25, 0.3) is 0 Å². The number of aryl methyl sites for hydroxylation is 1. The van der Waals surface area contributed by atoms with Crippen LogP contribution in [0.1, 0.15) is 19.5 Å².